The van der Waals surface area contributed by atoms with Crippen LogP contribution in [0.15, 0.2) is 36.5 Å². The van der Waals surface area contributed by atoms with Crippen LogP contribution in [-0.4, -0.2) is 59.0 Å². The lowest BCUT2D eigenvalue weighted by molar-refractivity contribution is -0.130. The van der Waals surface area contributed by atoms with Crippen LogP contribution in [0.5, 0.6) is 5.75 Å². The molecule has 33 heavy (non-hydrogen) atoms. The highest BCUT2D eigenvalue weighted by Gasteiger charge is 2.23. The van der Waals surface area contributed by atoms with Crippen LogP contribution in [0, 0.1) is 5.82 Å². The summed E-state index contributed by atoms with van der Waals surface area (Å²) in [5.74, 6) is -0.784. The standard InChI is InChI=1S/C25H28FN3O4/c1-15(31)13-29(3)23(32)10-19-20-9-17(8-16-4-6-18(26)7-5-16)11-28-24(20)25(33)22(14-30)21(19)12-27-2/h4-7,9,11,14-15,27,31,33H,8,10,12-13H2,1-3H3. The Morgan fingerprint density at radius 3 is 2.55 bits per heavy atom. The number of aromatic hydroxyl groups is 1. The molecule has 7 nitrogen and oxygen atoms in total. The number of phenols is 1. The first-order chi connectivity index (χ1) is 15.7. The van der Waals surface area contributed by atoms with Gasteiger partial charge in [-0.15, -0.1) is 0 Å². The van der Waals surface area contributed by atoms with Gasteiger partial charge in [0.1, 0.15) is 11.3 Å². The van der Waals surface area contributed by atoms with Crippen LogP contribution in [-0.2, 0) is 24.2 Å². The molecule has 1 unspecified atom stereocenters. The highest BCUT2D eigenvalue weighted by Crippen LogP contribution is 2.35. The van der Waals surface area contributed by atoms with E-state index in [0.29, 0.717) is 29.2 Å². The van der Waals surface area contributed by atoms with E-state index < -0.39 is 6.10 Å². The number of nitrogens with zero attached hydrogens (tertiary/aromatic N) is 2. The maximum atomic E-state index is 13.3. The van der Waals surface area contributed by atoms with Crippen molar-refractivity contribution < 1.29 is 24.2 Å². The molecule has 0 aliphatic heterocycles. The molecule has 1 atom stereocenters. The van der Waals surface area contributed by atoms with Crippen LogP contribution in [0.3, 0.4) is 0 Å². The van der Waals surface area contributed by atoms with Gasteiger partial charge in [-0.3, -0.25) is 14.6 Å². The van der Waals surface area contributed by atoms with Gasteiger partial charge in [-0.2, -0.15) is 0 Å². The summed E-state index contributed by atoms with van der Waals surface area (Å²) in [6, 6.07) is 8.00. The lowest BCUT2D eigenvalue weighted by Gasteiger charge is -2.22. The Labute approximate surface area is 191 Å². The Hall–Kier alpha value is -3.36. The van der Waals surface area contributed by atoms with Gasteiger partial charge in [0, 0.05) is 31.7 Å². The fraction of sp³-hybridized carbons (Fsp3) is 0.320. The number of halogens is 1. The Morgan fingerprint density at radius 1 is 1.24 bits per heavy atom. The molecule has 0 saturated carbocycles. The van der Waals surface area contributed by atoms with E-state index in [2.05, 4.69) is 10.3 Å². The van der Waals surface area contributed by atoms with E-state index in [1.54, 1.807) is 39.3 Å². The van der Waals surface area contributed by atoms with Crippen LogP contribution in [0.25, 0.3) is 10.9 Å². The van der Waals surface area contributed by atoms with Crippen LogP contribution in [0.4, 0.5) is 4.39 Å². The molecule has 1 aromatic heterocycles. The fourth-order valence-electron chi connectivity index (χ4n) is 3.95. The van der Waals surface area contributed by atoms with Crippen molar-refractivity contribution in [3.05, 3.63) is 70.2 Å². The van der Waals surface area contributed by atoms with Gasteiger partial charge in [-0.1, -0.05) is 12.1 Å². The van der Waals surface area contributed by atoms with Crippen LogP contribution in [0.1, 0.15) is 39.5 Å². The second-order valence-electron chi connectivity index (χ2n) is 8.21. The zero-order valence-electron chi connectivity index (χ0n) is 18.9. The van der Waals surface area contributed by atoms with Crippen molar-refractivity contribution in [2.45, 2.75) is 32.4 Å². The van der Waals surface area contributed by atoms with Crippen molar-refractivity contribution in [3.8, 4) is 5.75 Å². The van der Waals surface area contributed by atoms with Crippen molar-refractivity contribution >= 4 is 23.1 Å². The van der Waals surface area contributed by atoms with Crippen molar-refractivity contribution in [2.75, 3.05) is 20.6 Å². The number of nitrogens with one attached hydrogen (secondary N) is 1. The van der Waals surface area contributed by atoms with Crippen LogP contribution >= 0.6 is 0 Å². The number of pyridine rings is 1. The first-order valence-corrected chi connectivity index (χ1v) is 10.7. The summed E-state index contributed by atoms with van der Waals surface area (Å²) in [6.45, 7) is 2.04. The smallest absolute Gasteiger partial charge is 0.226 e. The molecule has 1 amide bonds. The molecule has 3 rings (SSSR count). The molecule has 8 heteroatoms. The zero-order chi connectivity index (χ0) is 24.1. The highest BCUT2D eigenvalue weighted by molar-refractivity contribution is 5.99. The number of hydrogen-bond donors (Lipinski definition) is 3. The molecule has 174 valence electrons. The zero-order valence-corrected chi connectivity index (χ0v) is 18.9. The average molecular weight is 454 g/mol. The van der Waals surface area contributed by atoms with E-state index in [4.69, 9.17) is 0 Å². The number of hydrogen-bond acceptors (Lipinski definition) is 6. The van der Waals surface area contributed by atoms with Crippen molar-refractivity contribution in [1.29, 1.82) is 0 Å². The fourth-order valence-corrected chi connectivity index (χ4v) is 3.95. The predicted octanol–water partition coefficient (Wildman–Crippen LogP) is 2.58. The van der Waals surface area contributed by atoms with Gasteiger partial charge in [0.2, 0.25) is 5.91 Å². The number of carbonyl (C=O) groups is 2. The average Bonchev–Trinajstić information content (AvgIpc) is 2.77. The van der Waals surface area contributed by atoms with E-state index in [9.17, 15) is 24.2 Å². The summed E-state index contributed by atoms with van der Waals surface area (Å²) in [5, 5.41) is 24.0. The van der Waals surface area contributed by atoms with E-state index in [0.717, 1.165) is 11.1 Å². The SMILES string of the molecule is CNCc1c(C=O)c(O)c2ncc(Cc3ccc(F)cc3)cc2c1CC(=O)N(C)CC(C)O. The number of amides is 1. The first kappa shape index (κ1) is 24.3. The van der Waals surface area contributed by atoms with E-state index in [-0.39, 0.29) is 48.1 Å². The van der Waals surface area contributed by atoms with Gasteiger partial charge in [0.15, 0.2) is 12.0 Å². The summed E-state index contributed by atoms with van der Waals surface area (Å²) in [6.07, 6.45) is 1.95. The number of aromatic nitrogens is 1. The van der Waals surface area contributed by atoms with Gasteiger partial charge in [0.25, 0.3) is 0 Å². The Morgan fingerprint density at radius 2 is 1.94 bits per heavy atom. The molecule has 0 fully saturated rings. The number of likely N-dealkylation sites (N-methyl/N-ethyl adjacent to an activating group) is 1. The Balaban J connectivity index is 2.14. The van der Waals surface area contributed by atoms with Gasteiger partial charge < -0.3 is 20.4 Å². The van der Waals surface area contributed by atoms with Crippen LogP contribution < -0.4 is 5.32 Å². The number of rotatable bonds is 9. The third-order valence-electron chi connectivity index (χ3n) is 5.52. The molecule has 0 bridgehead atoms. The lowest BCUT2D eigenvalue weighted by atomic mass is 9.91. The Bertz CT molecular complexity index is 1160. The maximum absolute atomic E-state index is 13.3. The number of phenolic OH excluding ortho intramolecular Hbond substituents is 1. The Kier molecular flexibility index (Phi) is 7.73. The number of aliphatic hydroxyl groups excluding tert-OH is 1. The monoisotopic (exact) mass is 453 g/mol. The summed E-state index contributed by atoms with van der Waals surface area (Å²) < 4.78 is 13.3. The molecule has 3 N–H and O–H groups in total. The molecule has 0 saturated heterocycles. The molecule has 1 heterocycles. The normalized spacial score (nSPS) is 12.0. The molecule has 0 spiro atoms. The second kappa shape index (κ2) is 10.5. The third kappa shape index (κ3) is 5.53. The van der Waals surface area contributed by atoms with Crippen molar-refractivity contribution in [1.82, 2.24) is 15.2 Å². The number of aliphatic hydroxyl groups is 1. The second-order valence-corrected chi connectivity index (χ2v) is 8.21. The van der Waals surface area contributed by atoms with Crippen molar-refractivity contribution in [2.24, 2.45) is 0 Å². The summed E-state index contributed by atoms with van der Waals surface area (Å²) >= 11 is 0. The van der Waals surface area contributed by atoms with E-state index in [1.807, 2.05) is 6.07 Å². The predicted molar refractivity (Wildman–Crippen MR) is 124 cm³/mol. The number of benzene rings is 2. The maximum Gasteiger partial charge on any atom is 0.226 e. The molecule has 0 radical (unpaired) electrons. The number of aldehydes is 1. The largest absolute Gasteiger partial charge is 0.505 e. The quantitative estimate of drug-likeness (QED) is 0.431. The number of fused-ring (bicyclic) bond motifs is 1. The third-order valence-corrected chi connectivity index (χ3v) is 5.52. The van der Waals surface area contributed by atoms with Gasteiger partial charge in [-0.25, -0.2) is 4.39 Å². The highest BCUT2D eigenvalue weighted by atomic mass is 19.1. The molecule has 0 aliphatic rings. The van der Waals surface area contributed by atoms with E-state index in [1.165, 1.54) is 17.0 Å². The summed E-state index contributed by atoms with van der Waals surface area (Å²) in [4.78, 5) is 30.6. The molecular formula is C25H28FN3O4. The van der Waals surface area contributed by atoms with Gasteiger partial charge >= 0.3 is 0 Å². The van der Waals surface area contributed by atoms with Crippen molar-refractivity contribution in [3.63, 3.8) is 0 Å². The minimum Gasteiger partial charge on any atom is -0.505 e. The van der Waals surface area contributed by atoms with Gasteiger partial charge in [-0.05, 0) is 60.8 Å². The minimum atomic E-state index is -0.679. The molecule has 2 aromatic carbocycles. The first-order valence-electron chi connectivity index (χ1n) is 10.7. The summed E-state index contributed by atoms with van der Waals surface area (Å²) in [7, 11) is 3.32. The van der Waals surface area contributed by atoms with E-state index >= 15 is 0 Å². The topological polar surface area (TPSA) is 103 Å². The summed E-state index contributed by atoms with van der Waals surface area (Å²) in [5.41, 5.74) is 3.15. The minimum absolute atomic E-state index is 0.0282. The number of carbonyl (C=O) groups excluding carboxylic acids is 2. The van der Waals surface area contributed by atoms with Gasteiger partial charge in [0.05, 0.1) is 18.1 Å². The molecular weight excluding hydrogens is 425 g/mol. The lowest BCUT2D eigenvalue weighted by Crippen LogP contribution is -2.34. The van der Waals surface area contributed by atoms with Crippen LogP contribution in [0.2, 0.25) is 0 Å². The molecule has 3 aromatic rings. The molecule has 0 aliphatic carbocycles.